The lowest BCUT2D eigenvalue weighted by Crippen LogP contribution is -2.37. The number of aromatic nitrogens is 2. The lowest BCUT2D eigenvalue weighted by Gasteiger charge is -2.21. The third kappa shape index (κ3) is 2.38. The van der Waals surface area contributed by atoms with Crippen LogP contribution in [-0.4, -0.2) is 33.9 Å². The van der Waals surface area contributed by atoms with E-state index in [0.29, 0.717) is 13.0 Å². The van der Waals surface area contributed by atoms with Gasteiger partial charge in [0.25, 0.3) is 0 Å². The third-order valence-corrected chi connectivity index (χ3v) is 3.73. The van der Waals surface area contributed by atoms with Gasteiger partial charge in [0.15, 0.2) is 0 Å². The number of nitrogens with two attached hydrogens (primary N) is 1. The summed E-state index contributed by atoms with van der Waals surface area (Å²) in [6.07, 6.45) is 0.514. The molecule has 8 nitrogen and oxygen atoms in total. The summed E-state index contributed by atoms with van der Waals surface area (Å²) in [5.74, 6) is -0.294. The fourth-order valence-electron chi connectivity index (χ4n) is 2.30. The zero-order valence-electron chi connectivity index (χ0n) is 11.1. The minimum atomic E-state index is -0.723. The molecule has 2 rings (SSSR count). The molecule has 1 aliphatic heterocycles. The van der Waals surface area contributed by atoms with Crippen LogP contribution >= 0.6 is 11.6 Å². The highest BCUT2D eigenvalue weighted by Gasteiger charge is 2.41. The standard InChI is InChI=1S/C11H14ClN5O3/c1-6-7(17(19)20)8(15-10(12)14-6)16-4-3-11(2,5-16)9(13)18/h3-5H2,1-2H3,(H2,13,18). The summed E-state index contributed by atoms with van der Waals surface area (Å²) in [6.45, 7) is 3.96. The van der Waals surface area contributed by atoms with Crippen LogP contribution in [0.4, 0.5) is 11.5 Å². The molecule has 1 unspecified atom stereocenters. The van der Waals surface area contributed by atoms with Crippen LogP contribution in [0.2, 0.25) is 5.28 Å². The van der Waals surface area contributed by atoms with E-state index >= 15 is 0 Å². The normalized spacial score (nSPS) is 22.1. The fraction of sp³-hybridized carbons (Fsp3) is 0.545. The van der Waals surface area contributed by atoms with Crippen LogP contribution in [0.1, 0.15) is 19.0 Å². The van der Waals surface area contributed by atoms with Gasteiger partial charge in [0, 0.05) is 13.1 Å². The van der Waals surface area contributed by atoms with Gasteiger partial charge in [-0.2, -0.15) is 4.98 Å². The summed E-state index contributed by atoms with van der Waals surface area (Å²) in [5.41, 5.74) is 4.65. The predicted molar refractivity (Wildman–Crippen MR) is 72.6 cm³/mol. The smallest absolute Gasteiger partial charge is 0.332 e. The van der Waals surface area contributed by atoms with Crippen molar-refractivity contribution in [3.63, 3.8) is 0 Å². The van der Waals surface area contributed by atoms with Crippen molar-refractivity contribution in [1.29, 1.82) is 0 Å². The number of carbonyl (C=O) groups excluding carboxylic acids is 1. The maximum Gasteiger partial charge on any atom is 0.332 e. The number of hydrogen-bond acceptors (Lipinski definition) is 6. The predicted octanol–water partition coefficient (Wildman–Crippen LogP) is 1.05. The van der Waals surface area contributed by atoms with Crippen LogP contribution in [0.5, 0.6) is 0 Å². The van der Waals surface area contributed by atoms with E-state index in [4.69, 9.17) is 17.3 Å². The van der Waals surface area contributed by atoms with Gasteiger partial charge in [-0.25, -0.2) is 4.98 Å². The maximum absolute atomic E-state index is 11.5. The van der Waals surface area contributed by atoms with Gasteiger partial charge in [-0.3, -0.25) is 14.9 Å². The number of rotatable bonds is 3. The molecule has 20 heavy (non-hydrogen) atoms. The molecule has 1 fully saturated rings. The Hall–Kier alpha value is -1.96. The molecule has 1 amide bonds. The van der Waals surface area contributed by atoms with Gasteiger partial charge >= 0.3 is 5.69 Å². The second kappa shape index (κ2) is 4.86. The minimum Gasteiger partial charge on any atom is -0.369 e. The molecule has 1 atom stereocenters. The van der Waals surface area contributed by atoms with Gasteiger partial charge in [-0.05, 0) is 31.9 Å². The zero-order valence-corrected chi connectivity index (χ0v) is 11.8. The number of primary amides is 1. The second-order valence-electron chi connectivity index (χ2n) is 5.10. The van der Waals surface area contributed by atoms with E-state index < -0.39 is 16.2 Å². The first-order valence-corrected chi connectivity index (χ1v) is 6.36. The molecule has 0 saturated carbocycles. The number of halogens is 1. The monoisotopic (exact) mass is 299 g/mol. The zero-order chi connectivity index (χ0) is 15.1. The largest absolute Gasteiger partial charge is 0.369 e. The molecule has 9 heteroatoms. The Bertz CT molecular complexity index is 594. The Morgan fingerprint density at radius 1 is 1.55 bits per heavy atom. The molecule has 1 aliphatic rings. The molecule has 0 aromatic carbocycles. The van der Waals surface area contributed by atoms with Crippen LogP contribution in [0.3, 0.4) is 0 Å². The van der Waals surface area contributed by atoms with E-state index in [-0.39, 0.29) is 29.0 Å². The maximum atomic E-state index is 11.5. The molecule has 0 aliphatic carbocycles. The third-order valence-electron chi connectivity index (χ3n) is 3.56. The second-order valence-corrected chi connectivity index (χ2v) is 5.44. The van der Waals surface area contributed by atoms with Crippen molar-refractivity contribution in [2.24, 2.45) is 11.1 Å². The van der Waals surface area contributed by atoms with Gasteiger partial charge in [-0.15, -0.1) is 0 Å². The van der Waals surface area contributed by atoms with E-state index in [2.05, 4.69) is 9.97 Å². The quantitative estimate of drug-likeness (QED) is 0.506. The average molecular weight is 300 g/mol. The van der Waals surface area contributed by atoms with Crippen molar-refractivity contribution in [2.45, 2.75) is 20.3 Å². The number of carbonyl (C=O) groups is 1. The number of anilines is 1. The van der Waals surface area contributed by atoms with E-state index in [1.807, 2.05) is 0 Å². The Balaban J connectivity index is 2.44. The Morgan fingerprint density at radius 2 is 2.20 bits per heavy atom. The Kier molecular flexibility index (Phi) is 3.51. The minimum absolute atomic E-state index is 0.0595. The molecule has 0 spiro atoms. The highest BCUT2D eigenvalue weighted by molar-refractivity contribution is 6.28. The summed E-state index contributed by atoms with van der Waals surface area (Å²) >= 11 is 5.78. The molecule has 1 aromatic rings. The summed E-state index contributed by atoms with van der Waals surface area (Å²) < 4.78 is 0. The van der Waals surface area contributed by atoms with Crippen LogP contribution in [0, 0.1) is 22.5 Å². The van der Waals surface area contributed by atoms with E-state index in [9.17, 15) is 14.9 Å². The Morgan fingerprint density at radius 3 is 2.70 bits per heavy atom. The molecule has 2 heterocycles. The molecular weight excluding hydrogens is 286 g/mol. The summed E-state index contributed by atoms with van der Waals surface area (Å²) in [7, 11) is 0. The highest BCUT2D eigenvalue weighted by Crippen LogP contribution is 2.37. The first-order valence-electron chi connectivity index (χ1n) is 5.98. The lowest BCUT2D eigenvalue weighted by atomic mass is 9.89. The van der Waals surface area contributed by atoms with Crippen LogP contribution in [-0.2, 0) is 4.79 Å². The van der Waals surface area contributed by atoms with Crippen molar-refractivity contribution < 1.29 is 9.72 Å². The van der Waals surface area contributed by atoms with Crippen LogP contribution in [0.25, 0.3) is 0 Å². The van der Waals surface area contributed by atoms with Gasteiger partial charge < -0.3 is 10.6 Å². The first kappa shape index (κ1) is 14.4. The molecule has 2 N–H and O–H groups in total. The van der Waals surface area contributed by atoms with Crippen molar-refractivity contribution in [2.75, 3.05) is 18.0 Å². The average Bonchev–Trinajstić information content (AvgIpc) is 2.71. The number of nitro groups is 1. The van der Waals surface area contributed by atoms with Crippen molar-refractivity contribution in [1.82, 2.24) is 9.97 Å². The Labute approximate surface area is 120 Å². The fourth-order valence-corrected chi connectivity index (χ4v) is 2.50. The summed E-state index contributed by atoms with van der Waals surface area (Å²) in [6, 6.07) is 0. The van der Waals surface area contributed by atoms with E-state index in [0.717, 1.165) is 0 Å². The molecule has 1 aromatic heterocycles. The van der Waals surface area contributed by atoms with E-state index in [1.165, 1.54) is 6.92 Å². The SMILES string of the molecule is Cc1nc(Cl)nc(N2CCC(C)(C(N)=O)C2)c1[N+](=O)[O-]. The number of hydrogen-bond donors (Lipinski definition) is 1. The van der Waals surface area contributed by atoms with Gasteiger partial charge in [0.05, 0.1) is 10.3 Å². The highest BCUT2D eigenvalue weighted by atomic mass is 35.5. The van der Waals surface area contributed by atoms with Crippen molar-refractivity contribution in [3.05, 3.63) is 21.1 Å². The topological polar surface area (TPSA) is 115 Å². The van der Waals surface area contributed by atoms with Crippen LogP contribution < -0.4 is 10.6 Å². The summed E-state index contributed by atoms with van der Waals surface area (Å²) in [4.78, 5) is 31.5. The van der Waals surface area contributed by atoms with Crippen LogP contribution in [0.15, 0.2) is 0 Å². The summed E-state index contributed by atoms with van der Waals surface area (Å²) in [5, 5.41) is 11.1. The molecule has 0 bridgehead atoms. The molecule has 0 radical (unpaired) electrons. The molecule has 108 valence electrons. The van der Waals surface area contributed by atoms with Gasteiger partial charge in [-0.1, -0.05) is 0 Å². The van der Waals surface area contributed by atoms with Gasteiger partial charge in [0.2, 0.25) is 17.0 Å². The van der Waals surface area contributed by atoms with E-state index in [1.54, 1.807) is 11.8 Å². The number of aryl methyl sites for hydroxylation is 1. The van der Waals surface area contributed by atoms with Crippen molar-refractivity contribution >= 4 is 29.0 Å². The number of nitrogens with zero attached hydrogens (tertiary/aromatic N) is 4. The molecular formula is C11H14ClN5O3. The lowest BCUT2D eigenvalue weighted by molar-refractivity contribution is -0.385. The first-order chi connectivity index (χ1) is 9.24. The molecule has 1 saturated heterocycles. The number of amides is 1. The van der Waals surface area contributed by atoms with Crippen molar-refractivity contribution in [3.8, 4) is 0 Å². The van der Waals surface area contributed by atoms with Gasteiger partial charge in [0.1, 0.15) is 5.69 Å².